The Hall–Kier alpha value is -1.37. The van der Waals surface area contributed by atoms with Crippen LogP contribution < -0.4 is 10.5 Å². The Morgan fingerprint density at radius 2 is 1.72 bits per heavy atom. The summed E-state index contributed by atoms with van der Waals surface area (Å²) in [6, 6.07) is 1.30. The van der Waals surface area contributed by atoms with E-state index in [1.54, 1.807) is 0 Å². The summed E-state index contributed by atoms with van der Waals surface area (Å²) in [5.41, 5.74) is 4.99. The summed E-state index contributed by atoms with van der Waals surface area (Å²) in [5, 5.41) is 0. The Bertz CT molecular complexity index is 430. The molecule has 0 aliphatic heterocycles. The minimum absolute atomic E-state index is 0.214. The molecular weight excluding hydrogens is 257 g/mol. The molecule has 0 saturated carbocycles. The van der Waals surface area contributed by atoms with Crippen LogP contribution in [0.4, 0.5) is 22.0 Å². The molecule has 0 saturated heterocycles. The van der Waals surface area contributed by atoms with Gasteiger partial charge < -0.3 is 10.5 Å². The Kier molecular flexibility index (Phi) is 3.85. The molecule has 2 N–H and O–H groups in total. The minimum atomic E-state index is -5.68. The third-order valence-corrected chi connectivity index (χ3v) is 2.58. The van der Waals surface area contributed by atoms with Gasteiger partial charge in [-0.25, -0.2) is 0 Å². The van der Waals surface area contributed by atoms with Gasteiger partial charge in [-0.1, -0.05) is 6.07 Å². The lowest BCUT2D eigenvalue weighted by molar-refractivity contribution is -0.291. The third-order valence-electron chi connectivity index (χ3n) is 2.58. The van der Waals surface area contributed by atoms with Gasteiger partial charge >= 0.3 is 12.1 Å². The van der Waals surface area contributed by atoms with Crippen molar-refractivity contribution < 1.29 is 26.7 Å². The number of ether oxygens (including phenoxy) is 1. The maximum Gasteiger partial charge on any atom is 0.455 e. The topological polar surface area (TPSA) is 35.2 Å². The number of halogens is 5. The van der Waals surface area contributed by atoms with E-state index in [9.17, 15) is 22.0 Å². The van der Waals surface area contributed by atoms with Crippen LogP contribution in [0, 0.1) is 6.92 Å². The molecule has 0 bridgehead atoms. The normalized spacial score (nSPS) is 14.4. The summed E-state index contributed by atoms with van der Waals surface area (Å²) in [7, 11) is 1.36. The van der Waals surface area contributed by atoms with Crippen LogP contribution in [0.2, 0.25) is 0 Å². The molecule has 0 radical (unpaired) electrons. The van der Waals surface area contributed by atoms with Gasteiger partial charge in [-0.15, -0.1) is 0 Å². The molecule has 102 valence electrons. The zero-order valence-corrected chi connectivity index (χ0v) is 9.68. The van der Waals surface area contributed by atoms with Crippen molar-refractivity contribution in [2.24, 2.45) is 5.73 Å². The van der Waals surface area contributed by atoms with E-state index in [2.05, 4.69) is 0 Å². The molecule has 7 heteroatoms. The summed E-state index contributed by atoms with van der Waals surface area (Å²) in [6.45, 7) is 1.39. The maximum absolute atomic E-state index is 13.1. The fraction of sp³-hybridized carbons (Fsp3) is 0.455. The third kappa shape index (κ3) is 2.55. The van der Waals surface area contributed by atoms with Crippen molar-refractivity contribution in [3.05, 3.63) is 29.3 Å². The highest BCUT2D eigenvalue weighted by atomic mass is 19.4. The van der Waals surface area contributed by atoms with Gasteiger partial charge in [0, 0.05) is 0 Å². The molecular formula is C11H12F5NO. The second-order valence-corrected chi connectivity index (χ2v) is 3.82. The van der Waals surface area contributed by atoms with Crippen LogP contribution in [0.25, 0.3) is 0 Å². The van der Waals surface area contributed by atoms with Crippen LogP contribution in [0.1, 0.15) is 17.2 Å². The van der Waals surface area contributed by atoms with Crippen molar-refractivity contribution in [3.8, 4) is 5.75 Å². The molecule has 0 aliphatic rings. The van der Waals surface area contributed by atoms with Crippen LogP contribution >= 0.6 is 0 Å². The molecule has 1 aromatic carbocycles. The highest BCUT2D eigenvalue weighted by molar-refractivity contribution is 5.37. The summed E-state index contributed by atoms with van der Waals surface area (Å²) in [4.78, 5) is 0. The lowest BCUT2D eigenvalue weighted by Crippen LogP contribution is -2.46. The van der Waals surface area contributed by atoms with Gasteiger partial charge in [0.2, 0.25) is 0 Å². The predicted molar refractivity (Wildman–Crippen MR) is 55.7 cm³/mol. The van der Waals surface area contributed by atoms with Crippen molar-refractivity contribution >= 4 is 0 Å². The fourth-order valence-electron chi connectivity index (χ4n) is 1.50. The maximum atomic E-state index is 13.1. The van der Waals surface area contributed by atoms with Crippen molar-refractivity contribution in [3.63, 3.8) is 0 Å². The monoisotopic (exact) mass is 269 g/mol. The molecule has 1 atom stereocenters. The van der Waals surface area contributed by atoms with E-state index >= 15 is 0 Å². The van der Waals surface area contributed by atoms with Crippen LogP contribution in [-0.2, 0) is 0 Å². The number of benzene rings is 1. The fourth-order valence-corrected chi connectivity index (χ4v) is 1.50. The number of alkyl halides is 5. The number of rotatable bonds is 3. The highest BCUT2D eigenvalue weighted by Crippen LogP contribution is 2.44. The molecule has 0 amide bonds. The Balaban J connectivity index is 3.15. The minimum Gasteiger partial charge on any atom is -0.497 e. The van der Waals surface area contributed by atoms with Gasteiger partial charge in [0.1, 0.15) is 11.8 Å². The average Bonchev–Trinajstić information content (AvgIpc) is 2.26. The second-order valence-electron chi connectivity index (χ2n) is 3.82. The quantitative estimate of drug-likeness (QED) is 0.855. The van der Waals surface area contributed by atoms with Crippen molar-refractivity contribution in [2.45, 2.75) is 25.1 Å². The molecule has 0 aliphatic carbocycles. The lowest BCUT2D eigenvalue weighted by atomic mass is 9.96. The van der Waals surface area contributed by atoms with E-state index < -0.39 is 18.1 Å². The number of hydrogen-bond acceptors (Lipinski definition) is 2. The first-order valence-corrected chi connectivity index (χ1v) is 4.96. The molecule has 0 fully saturated rings. The number of methoxy groups -OCH3 is 1. The zero-order chi connectivity index (χ0) is 14.1. The molecule has 0 spiro atoms. The first-order valence-electron chi connectivity index (χ1n) is 4.96. The molecule has 2 nitrogen and oxygen atoms in total. The molecule has 0 unspecified atom stereocenters. The SMILES string of the molecule is COc1ccc([C@@H](N)C(F)(F)C(F)(F)F)c(C)c1. The van der Waals surface area contributed by atoms with Crippen molar-refractivity contribution in [1.82, 2.24) is 0 Å². The summed E-state index contributed by atoms with van der Waals surface area (Å²) in [6.07, 6.45) is -5.68. The summed E-state index contributed by atoms with van der Waals surface area (Å²) < 4.78 is 67.6. The van der Waals surface area contributed by atoms with Crippen LogP contribution in [0.15, 0.2) is 18.2 Å². The summed E-state index contributed by atoms with van der Waals surface area (Å²) >= 11 is 0. The van der Waals surface area contributed by atoms with Gasteiger partial charge in [-0.05, 0) is 30.2 Å². The van der Waals surface area contributed by atoms with Crippen molar-refractivity contribution in [1.29, 1.82) is 0 Å². The average molecular weight is 269 g/mol. The first-order chi connectivity index (χ1) is 8.11. The molecule has 0 heterocycles. The van der Waals surface area contributed by atoms with Crippen LogP contribution in [0.5, 0.6) is 5.75 Å². The van der Waals surface area contributed by atoms with E-state index in [1.807, 2.05) is 0 Å². The molecule has 1 rings (SSSR count). The lowest BCUT2D eigenvalue weighted by Gasteiger charge is -2.27. The van der Waals surface area contributed by atoms with Gasteiger partial charge in [0.15, 0.2) is 0 Å². The first kappa shape index (κ1) is 14.7. The van der Waals surface area contributed by atoms with Crippen molar-refractivity contribution in [2.75, 3.05) is 7.11 Å². The van der Waals surface area contributed by atoms with E-state index in [1.165, 1.54) is 26.2 Å². The summed E-state index contributed by atoms with van der Waals surface area (Å²) in [5.74, 6) is -4.62. The van der Waals surface area contributed by atoms with E-state index in [0.29, 0.717) is 5.75 Å². The molecule has 18 heavy (non-hydrogen) atoms. The smallest absolute Gasteiger partial charge is 0.455 e. The van der Waals surface area contributed by atoms with Gasteiger partial charge in [-0.3, -0.25) is 0 Å². The Morgan fingerprint density at radius 3 is 2.11 bits per heavy atom. The number of aryl methyl sites for hydroxylation is 1. The molecule has 0 aromatic heterocycles. The van der Waals surface area contributed by atoms with Gasteiger partial charge in [0.25, 0.3) is 0 Å². The van der Waals surface area contributed by atoms with Crippen LogP contribution in [0.3, 0.4) is 0 Å². The predicted octanol–water partition coefficient (Wildman–Crippen LogP) is 3.20. The largest absolute Gasteiger partial charge is 0.497 e. The van der Waals surface area contributed by atoms with E-state index in [-0.39, 0.29) is 11.1 Å². The standard InChI is InChI=1S/C11H12F5NO/c1-6-5-7(18-2)3-4-8(6)9(17)10(12,13)11(14,15)16/h3-5,9H,17H2,1-2H3/t9-/m1/s1. The second kappa shape index (κ2) is 4.72. The van der Waals surface area contributed by atoms with Crippen LogP contribution in [-0.4, -0.2) is 19.2 Å². The van der Waals surface area contributed by atoms with Gasteiger partial charge in [0.05, 0.1) is 7.11 Å². The Labute approximate surface area is 101 Å². The number of nitrogens with two attached hydrogens (primary N) is 1. The van der Waals surface area contributed by atoms with E-state index in [0.717, 1.165) is 6.07 Å². The van der Waals surface area contributed by atoms with E-state index in [4.69, 9.17) is 10.5 Å². The van der Waals surface area contributed by atoms with Gasteiger partial charge in [-0.2, -0.15) is 22.0 Å². The number of hydrogen-bond donors (Lipinski definition) is 1. The Morgan fingerprint density at radius 1 is 1.17 bits per heavy atom. The highest BCUT2D eigenvalue weighted by Gasteiger charge is 2.61. The molecule has 1 aromatic rings. The zero-order valence-electron chi connectivity index (χ0n) is 9.68.